The second kappa shape index (κ2) is 7.80. The molecule has 0 N–H and O–H groups in total. The van der Waals surface area contributed by atoms with Crippen LogP contribution in [0.25, 0.3) is 12.2 Å². The van der Waals surface area contributed by atoms with Gasteiger partial charge in [-0.15, -0.1) is 0 Å². The standard InChI is InChI=1S/C21H19BrN2O3/c1-23-18(12-14-4-8-16(22)9-5-14)20(25)24(2)19(21(23)26)13-15-6-10-17(27-3)11-7-15/h4-13H,1-3H3/b18-12-,19-13-. The van der Waals surface area contributed by atoms with Crippen LogP contribution in [0.15, 0.2) is 62.6 Å². The summed E-state index contributed by atoms with van der Waals surface area (Å²) in [5, 5.41) is 0.650. The Morgan fingerprint density at radius 1 is 0.778 bits per heavy atom. The second-order valence-electron chi connectivity index (χ2n) is 6.11. The summed E-state index contributed by atoms with van der Waals surface area (Å²) in [4.78, 5) is 25.7. The molecule has 0 fully saturated rings. The van der Waals surface area contributed by atoms with Crippen LogP contribution in [-0.2, 0) is 14.1 Å². The molecule has 0 saturated heterocycles. The Morgan fingerprint density at radius 3 is 1.59 bits per heavy atom. The maximum Gasteiger partial charge on any atom is 0.274 e. The van der Waals surface area contributed by atoms with Crippen LogP contribution in [0.4, 0.5) is 0 Å². The fourth-order valence-corrected chi connectivity index (χ4v) is 3.01. The molecule has 2 aromatic carbocycles. The van der Waals surface area contributed by atoms with E-state index in [0.29, 0.717) is 10.7 Å². The van der Waals surface area contributed by atoms with Crippen LogP contribution < -0.4 is 26.6 Å². The van der Waals surface area contributed by atoms with Crippen LogP contribution in [0.1, 0.15) is 11.1 Å². The van der Waals surface area contributed by atoms with Gasteiger partial charge >= 0.3 is 0 Å². The number of halogens is 1. The van der Waals surface area contributed by atoms with E-state index in [9.17, 15) is 9.59 Å². The number of methoxy groups -OCH3 is 1. The highest BCUT2D eigenvalue weighted by atomic mass is 79.9. The third-order valence-corrected chi connectivity index (χ3v) is 4.89. The third kappa shape index (κ3) is 3.95. The zero-order valence-corrected chi connectivity index (χ0v) is 16.9. The molecular weight excluding hydrogens is 408 g/mol. The Bertz CT molecular complexity index is 1210. The van der Waals surface area contributed by atoms with Crippen molar-refractivity contribution in [3.8, 4) is 5.75 Å². The summed E-state index contributed by atoms with van der Waals surface area (Å²) in [6.07, 6.45) is 3.42. The highest BCUT2D eigenvalue weighted by Gasteiger charge is 2.06. The van der Waals surface area contributed by atoms with Crippen molar-refractivity contribution in [2.24, 2.45) is 14.1 Å². The van der Waals surface area contributed by atoms with Crippen molar-refractivity contribution in [3.05, 3.63) is 95.5 Å². The van der Waals surface area contributed by atoms with E-state index < -0.39 is 0 Å². The van der Waals surface area contributed by atoms with E-state index in [1.807, 2.05) is 48.5 Å². The molecule has 0 aliphatic rings. The van der Waals surface area contributed by atoms with Crippen molar-refractivity contribution in [2.45, 2.75) is 0 Å². The summed E-state index contributed by atoms with van der Waals surface area (Å²) < 4.78 is 8.87. The SMILES string of the molecule is COc1ccc(/C=c2/c(=O)n(C)/c(=C\c3ccc(Br)cc3)c(=O)n2C)cc1. The average molecular weight is 427 g/mol. The molecule has 5 nitrogen and oxygen atoms in total. The lowest BCUT2D eigenvalue weighted by Crippen LogP contribution is -2.56. The monoisotopic (exact) mass is 426 g/mol. The number of benzene rings is 2. The number of nitrogens with zero attached hydrogens (tertiary/aromatic N) is 2. The van der Waals surface area contributed by atoms with Gasteiger partial charge < -0.3 is 13.9 Å². The topological polar surface area (TPSA) is 53.2 Å². The third-order valence-electron chi connectivity index (χ3n) is 4.36. The lowest BCUT2D eigenvalue weighted by molar-refractivity contribution is 0.415. The zero-order valence-electron chi connectivity index (χ0n) is 15.3. The van der Waals surface area contributed by atoms with E-state index in [2.05, 4.69) is 15.9 Å². The predicted molar refractivity (Wildman–Crippen MR) is 110 cm³/mol. The predicted octanol–water partition coefficient (Wildman–Crippen LogP) is 1.51. The molecule has 0 atom stereocenters. The Kier molecular flexibility index (Phi) is 5.46. The summed E-state index contributed by atoms with van der Waals surface area (Å²) in [7, 11) is 4.82. The fourth-order valence-electron chi connectivity index (χ4n) is 2.74. The molecule has 3 aromatic rings. The molecule has 0 saturated carbocycles. The minimum Gasteiger partial charge on any atom is -0.497 e. The number of ether oxygens (including phenoxy) is 1. The van der Waals surface area contributed by atoms with Gasteiger partial charge in [0.1, 0.15) is 16.4 Å². The van der Waals surface area contributed by atoms with Crippen molar-refractivity contribution < 1.29 is 4.74 Å². The maximum absolute atomic E-state index is 12.9. The van der Waals surface area contributed by atoms with Gasteiger partial charge in [-0.05, 0) is 47.5 Å². The van der Waals surface area contributed by atoms with Gasteiger partial charge in [-0.2, -0.15) is 0 Å². The van der Waals surface area contributed by atoms with Gasteiger partial charge in [-0.3, -0.25) is 9.59 Å². The second-order valence-corrected chi connectivity index (χ2v) is 7.03. The van der Waals surface area contributed by atoms with E-state index in [1.54, 1.807) is 33.4 Å². The first-order valence-corrected chi connectivity index (χ1v) is 9.09. The number of hydrogen-bond donors (Lipinski definition) is 0. The molecule has 0 amide bonds. The normalized spacial score (nSPS) is 12.4. The minimum atomic E-state index is -0.240. The quantitative estimate of drug-likeness (QED) is 0.637. The highest BCUT2D eigenvalue weighted by molar-refractivity contribution is 9.10. The van der Waals surface area contributed by atoms with Crippen molar-refractivity contribution in [1.29, 1.82) is 0 Å². The van der Waals surface area contributed by atoms with Gasteiger partial charge in [-0.1, -0.05) is 40.2 Å². The first kappa shape index (κ1) is 18.9. The summed E-state index contributed by atoms with van der Waals surface area (Å²) in [5.74, 6) is 0.730. The van der Waals surface area contributed by atoms with Gasteiger partial charge in [0.05, 0.1) is 7.11 Å². The summed E-state index contributed by atoms with van der Waals surface area (Å²) >= 11 is 3.39. The molecule has 0 unspecified atom stereocenters. The van der Waals surface area contributed by atoms with Crippen molar-refractivity contribution in [3.63, 3.8) is 0 Å². The first-order chi connectivity index (χ1) is 12.9. The molecule has 3 rings (SSSR count). The van der Waals surface area contributed by atoms with Crippen molar-refractivity contribution in [1.82, 2.24) is 9.13 Å². The number of rotatable bonds is 3. The van der Waals surface area contributed by atoms with Gasteiger partial charge in [0.15, 0.2) is 0 Å². The highest BCUT2D eigenvalue weighted by Crippen LogP contribution is 2.11. The van der Waals surface area contributed by atoms with Crippen LogP contribution in [0.2, 0.25) is 0 Å². The summed E-state index contributed by atoms with van der Waals surface area (Å²) in [5.41, 5.74) is 1.18. The van der Waals surface area contributed by atoms with Crippen LogP contribution in [-0.4, -0.2) is 16.2 Å². The average Bonchev–Trinajstić information content (AvgIpc) is 2.69. The van der Waals surface area contributed by atoms with E-state index >= 15 is 0 Å². The lowest BCUT2D eigenvalue weighted by Gasteiger charge is -2.05. The van der Waals surface area contributed by atoms with Gasteiger partial charge in [0.25, 0.3) is 11.1 Å². The largest absolute Gasteiger partial charge is 0.497 e. The van der Waals surface area contributed by atoms with Crippen LogP contribution in [0, 0.1) is 0 Å². The van der Waals surface area contributed by atoms with Crippen LogP contribution >= 0.6 is 15.9 Å². The molecule has 0 aliphatic heterocycles. The molecule has 1 aromatic heterocycles. The van der Waals surface area contributed by atoms with Crippen LogP contribution in [0.5, 0.6) is 5.75 Å². The molecule has 6 heteroatoms. The molecular formula is C21H19BrN2O3. The molecule has 0 bridgehead atoms. The Labute approximate surface area is 164 Å². The van der Waals surface area contributed by atoms with E-state index in [-0.39, 0.29) is 11.1 Å². The van der Waals surface area contributed by atoms with E-state index in [1.165, 1.54) is 9.13 Å². The maximum atomic E-state index is 12.9. The Morgan fingerprint density at radius 2 is 1.19 bits per heavy atom. The number of aromatic nitrogens is 2. The fraction of sp³-hybridized carbons (Fsp3) is 0.143. The molecule has 0 aliphatic carbocycles. The van der Waals surface area contributed by atoms with Gasteiger partial charge in [-0.25, -0.2) is 0 Å². The molecule has 1 heterocycles. The van der Waals surface area contributed by atoms with Gasteiger partial charge in [0, 0.05) is 18.6 Å². The molecule has 27 heavy (non-hydrogen) atoms. The van der Waals surface area contributed by atoms with Gasteiger partial charge in [0.2, 0.25) is 0 Å². The Balaban J connectivity index is 2.22. The zero-order chi connectivity index (χ0) is 19.6. The van der Waals surface area contributed by atoms with Crippen molar-refractivity contribution >= 4 is 28.1 Å². The minimum absolute atomic E-state index is 0.236. The van der Waals surface area contributed by atoms with Crippen molar-refractivity contribution in [2.75, 3.05) is 7.11 Å². The first-order valence-electron chi connectivity index (χ1n) is 8.30. The van der Waals surface area contributed by atoms with E-state index in [0.717, 1.165) is 21.3 Å². The summed E-state index contributed by atoms with van der Waals surface area (Å²) in [6, 6.07) is 14.8. The molecule has 0 radical (unpaired) electrons. The smallest absolute Gasteiger partial charge is 0.274 e. The Hall–Kier alpha value is -2.86. The lowest BCUT2D eigenvalue weighted by atomic mass is 10.2. The molecule has 0 spiro atoms. The number of hydrogen-bond acceptors (Lipinski definition) is 3. The summed E-state index contributed by atoms with van der Waals surface area (Å²) in [6.45, 7) is 0. The van der Waals surface area contributed by atoms with Crippen LogP contribution in [0.3, 0.4) is 0 Å². The molecule has 138 valence electrons. The van der Waals surface area contributed by atoms with E-state index in [4.69, 9.17) is 4.74 Å².